The van der Waals surface area contributed by atoms with Gasteiger partial charge in [-0.1, -0.05) is 19.8 Å². The normalized spacial score (nSPS) is 36.5. The van der Waals surface area contributed by atoms with E-state index in [0.29, 0.717) is 0 Å². The molecule has 2 atom stereocenters. The first-order valence-electron chi connectivity index (χ1n) is 7.87. The van der Waals surface area contributed by atoms with Crippen molar-refractivity contribution in [3.8, 4) is 0 Å². The van der Waals surface area contributed by atoms with Gasteiger partial charge in [0.1, 0.15) is 0 Å². The van der Waals surface area contributed by atoms with E-state index in [0.717, 1.165) is 12.6 Å². The fraction of sp³-hybridized carbons (Fsp3) is 1.00. The van der Waals surface area contributed by atoms with Gasteiger partial charge in [0.25, 0.3) is 0 Å². The Morgan fingerprint density at radius 2 is 2.00 bits per heavy atom. The van der Waals surface area contributed by atoms with Crippen LogP contribution in [-0.4, -0.2) is 54.6 Å². The van der Waals surface area contributed by atoms with Gasteiger partial charge < -0.3 is 10.6 Å². The van der Waals surface area contributed by atoms with E-state index in [2.05, 4.69) is 23.8 Å². The topological polar surface area (TPSA) is 32.5 Å². The molecule has 2 N–H and O–H groups in total. The molecule has 0 aliphatic carbocycles. The second-order valence-electron chi connectivity index (χ2n) is 6.37. The van der Waals surface area contributed by atoms with Gasteiger partial charge in [-0.3, -0.25) is 4.90 Å². The van der Waals surface area contributed by atoms with Crippen molar-refractivity contribution in [3.63, 3.8) is 0 Å². The highest BCUT2D eigenvalue weighted by molar-refractivity contribution is 4.99. The summed E-state index contributed by atoms with van der Waals surface area (Å²) in [6, 6.07) is 0.766. The van der Waals surface area contributed by atoms with Crippen LogP contribution in [0.25, 0.3) is 0 Å². The van der Waals surface area contributed by atoms with Gasteiger partial charge in [0.2, 0.25) is 0 Å². The molecule has 2 aliphatic heterocycles. The van der Waals surface area contributed by atoms with Crippen LogP contribution >= 0.6 is 0 Å². The van der Waals surface area contributed by atoms with Crippen molar-refractivity contribution in [1.82, 2.24) is 9.80 Å². The summed E-state index contributed by atoms with van der Waals surface area (Å²) in [6.45, 7) is 6.85. The number of nitrogens with zero attached hydrogens (tertiary/aromatic N) is 2. The van der Waals surface area contributed by atoms with Crippen LogP contribution in [0.2, 0.25) is 0 Å². The highest BCUT2D eigenvalue weighted by Crippen LogP contribution is 2.32. The Morgan fingerprint density at radius 3 is 2.67 bits per heavy atom. The number of piperidine rings is 1. The van der Waals surface area contributed by atoms with Gasteiger partial charge in [-0.05, 0) is 52.2 Å². The Bertz CT molecular complexity index is 256. The van der Waals surface area contributed by atoms with Gasteiger partial charge in [0.05, 0.1) is 0 Å². The molecule has 0 amide bonds. The van der Waals surface area contributed by atoms with E-state index in [4.69, 9.17) is 5.73 Å². The summed E-state index contributed by atoms with van der Waals surface area (Å²) in [7, 11) is 2.25. The summed E-state index contributed by atoms with van der Waals surface area (Å²) in [5, 5.41) is 0. The van der Waals surface area contributed by atoms with Crippen molar-refractivity contribution in [2.75, 3.05) is 33.2 Å². The lowest BCUT2D eigenvalue weighted by atomic mass is 9.85. The first kappa shape index (κ1) is 14.3. The quantitative estimate of drug-likeness (QED) is 0.836. The molecule has 2 heterocycles. The average Bonchev–Trinajstić information content (AvgIpc) is 2.63. The van der Waals surface area contributed by atoms with Gasteiger partial charge in [0.15, 0.2) is 0 Å². The van der Waals surface area contributed by atoms with Crippen LogP contribution in [-0.2, 0) is 0 Å². The molecule has 2 saturated heterocycles. The summed E-state index contributed by atoms with van der Waals surface area (Å²) in [5.41, 5.74) is 6.49. The SMILES string of the molecule is CCC1CCCCCN1C1(CN)CCCN(C)C1. The number of hydrogen-bond acceptors (Lipinski definition) is 3. The Labute approximate surface area is 113 Å². The average molecular weight is 253 g/mol. The largest absolute Gasteiger partial charge is 0.329 e. The highest BCUT2D eigenvalue weighted by Gasteiger charge is 2.41. The highest BCUT2D eigenvalue weighted by atomic mass is 15.3. The lowest BCUT2D eigenvalue weighted by molar-refractivity contribution is -0.00445. The smallest absolute Gasteiger partial charge is 0.0461 e. The van der Waals surface area contributed by atoms with E-state index in [1.807, 2.05) is 0 Å². The van der Waals surface area contributed by atoms with Gasteiger partial charge in [-0.15, -0.1) is 0 Å². The minimum absolute atomic E-state index is 0.262. The molecule has 3 heteroatoms. The molecule has 2 aliphatic rings. The summed E-state index contributed by atoms with van der Waals surface area (Å²) in [5.74, 6) is 0. The van der Waals surface area contributed by atoms with Gasteiger partial charge in [-0.25, -0.2) is 0 Å². The number of nitrogens with two attached hydrogens (primary N) is 1. The van der Waals surface area contributed by atoms with E-state index < -0.39 is 0 Å². The van der Waals surface area contributed by atoms with Crippen LogP contribution in [0.15, 0.2) is 0 Å². The van der Waals surface area contributed by atoms with Crippen molar-refractivity contribution in [1.29, 1.82) is 0 Å². The number of likely N-dealkylation sites (N-methyl/N-ethyl adjacent to an activating group) is 1. The second-order valence-corrected chi connectivity index (χ2v) is 6.37. The molecule has 2 fully saturated rings. The predicted molar refractivity (Wildman–Crippen MR) is 77.8 cm³/mol. The van der Waals surface area contributed by atoms with Gasteiger partial charge in [-0.2, -0.15) is 0 Å². The standard InChI is InChI=1S/C15H31N3/c1-3-14-8-5-4-6-11-18(14)15(12-16)9-7-10-17(2)13-15/h14H,3-13,16H2,1-2H3. The van der Waals surface area contributed by atoms with Gasteiger partial charge >= 0.3 is 0 Å². The molecule has 0 saturated carbocycles. The fourth-order valence-corrected chi connectivity index (χ4v) is 4.08. The molecule has 2 rings (SSSR count). The molecule has 106 valence electrons. The van der Waals surface area contributed by atoms with Crippen molar-refractivity contribution in [3.05, 3.63) is 0 Å². The van der Waals surface area contributed by atoms with E-state index >= 15 is 0 Å². The third-order valence-electron chi connectivity index (χ3n) is 5.08. The zero-order valence-corrected chi connectivity index (χ0v) is 12.3. The summed E-state index contributed by atoms with van der Waals surface area (Å²) >= 11 is 0. The second kappa shape index (κ2) is 6.36. The number of hydrogen-bond donors (Lipinski definition) is 1. The maximum Gasteiger partial charge on any atom is 0.0461 e. The maximum absolute atomic E-state index is 6.23. The third-order valence-corrected chi connectivity index (χ3v) is 5.08. The predicted octanol–water partition coefficient (Wildman–Crippen LogP) is 2.06. The Hall–Kier alpha value is -0.120. The summed E-state index contributed by atoms with van der Waals surface area (Å²) < 4.78 is 0. The zero-order chi connectivity index (χ0) is 13.0. The minimum atomic E-state index is 0.262. The molecular weight excluding hydrogens is 222 g/mol. The molecule has 18 heavy (non-hydrogen) atoms. The number of rotatable bonds is 3. The summed E-state index contributed by atoms with van der Waals surface area (Å²) in [6.07, 6.45) is 9.44. The lowest BCUT2D eigenvalue weighted by Gasteiger charge is -2.51. The van der Waals surface area contributed by atoms with Crippen LogP contribution in [0.1, 0.15) is 51.9 Å². The minimum Gasteiger partial charge on any atom is -0.329 e. The van der Waals surface area contributed by atoms with E-state index in [-0.39, 0.29) is 5.54 Å². The lowest BCUT2D eigenvalue weighted by Crippen LogP contribution is -2.64. The first-order valence-corrected chi connectivity index (χ1v) is 7.87. The monoisotopic (exact) mass is 253 g/mol. The third kappa shape index (κ3) is 2.89. The molecule has 0 aromatic heterocycles. The van der Waals surface area contributed by atoms with Crippen LogP contribution < -0.4 is 5.73 Å². The molecule has 0 radical (unpaired) electrons. The van der Waals surface area contributed by atoms with Crippen molar-refractivity contribution in [2.45, 2.75) is 63.5 Å². The molecule has 0 spiro atoms. The molecule has 2 unspecified atom stereocenters. The van der Waals surface area contributed by atoms with Crippen LogP contribution in [0, 0.1) is 0 Å². The Kier molecular flexibility index (Phi) is 5.05. The molecule has 0 bridgehead atoms. The van der Waals surface area contributed by atoms with Crippen molar-refractivity contribution < 1.29 is 0 Å². The molecule has 3 nitrogen and oxygen atoms in total. The van der Waals surface area contributed by atoms with E-state index in [1.165, 1.54) is 64.6 Å². The summed E-state index contributed by atoms with van der Waals surface area (Å²) in [4.78, 5) is 5.28. The van der Waals surface area contributed by atoms with Crippen LogP contribution in [0.5, 0.6) is 0 Å². The van der Waals surface area contributed by atoms with E-state index in [1.54, 1.807) is 0 Å². The molecule has 0 aromatic rings. The maximum atomic E-state index is 6.23. The first-order chi connectivity index (χ1) is 8.72. The van der Waals surface area contributed by atoms with E-state index in [9.17, 15) is 0 Å². The zero-order valence-electron chi connectivity index (χ0n) is 12.3. The number of likely N-dealkylation sites (tertiary alicyclic amines) is 2. The van der Waals surface area contributed by atoms with Crippen LogP contribution in [0.4, 0.5) is 0 Å². The molecular formula is C15H31N3. The van der Waals surface area contributed by atoms with Crippen molar-refractivity contribution in [2.24, 2.45) is 5.73 Å². The Morgan fingerprint density at radius 1 is 1.17 bits per heavy atom. The molecule has 0 aromatic carbocycles. The van der Waals surface area contributed by atoms with Crippen molar-refractivity contribution >= 4 is 0 Å². The fourth-order valence-electron chi connectivity index (χ4n) is 4.08. The Balaban J connectivity index is 2.17. The van der Waals surface area contributed by atoms with Crippen LogP contribution in [0.3, 0.4) is 0 Å². The van der Waals surface area contributed by atoms with Gasteiger partial charge in [0, 0.05) is 24.7 Å².